The first-order chi connectivity index (χ1) is 7.73. The maximum Gasteiger partial charge on any atom is 0.307 e. The Morgan fingerprint density at radius 3 is 2.41 bits per heavy atom. The summed E-state index contributed by atoms with van der Waals surface area (Å²) in [5.74, 6) is -2.18. The minimum absolute atomic E-state index is 0.132. The maximum atomic E-state index is 11.6. The van der Waals surface area contributed by atoms with Crippen LogP contribution in [0.3, 0.4) is 0 Å². The van der Waals surface area contributed by atoms with E-state index in [1.807, 2.05) is 19.0 Å². The Hall–Kier alpha value is -1.14. The number of amides is 1. The van der Waals surface area contributed by atoms with E-state index in [4.69, 9.17) is 5.11 Å². The molecule has 17 heavy (non-hydrogen) atoms. The SMILES string of the molecule is CN(C)CC(C)(O)CNC(=O)C1CC1C(=O)O. The van der Waals surface area contributed by atoms with E-state index in [9.17, 15) is 14.7 Å². The van der Waals surface area contributed by atoms with Crippen molar-refractivity contribution >= 4 is 11.9 Å². The number of hydrogen-bond acceptors (Lipinski definition) is 4. The molecule has 1 amide bonds. The number of likely N-dealkylation sites (N-methyl/N-ethyl adjacent to an activating group) is 1. The molecule has 1 rings (SSSR count). The standard InChI is InChI=1S/C11H20N2O4/c1-11(17,6-13(2)3)5-12-9(14)7-4-8(7)10(15)16/h7-8,17H,4-6H2,1-3H3,(H,12,14)(H,15,16). The molecular weight excluding hydrogens is 224 g/mol. The monoisotopic (exact) mass is 244 g/mol. The zero-order valence-corrected chi connectivity index (χ0v) is 10.4. The molecule has 1 aliphatic rings. The number of carbonyl (C=O) groups excluding carboxylic acids is 1. The predicted molar refractivity (Wildman–Crippen MR) is 61.4 cm³/mol. The molecule has 0 aliphatic heterocycles. The fraction of sp³-hybridized carbons (Fsp3) is 0.818. The van der Waals surface area contributed by atoms with Crippen molar-refractivity contribution in [3.8, 4) is 0 Å². The Morgan fingerprint density at radius 1 is 1.41 bits per heavy atom. The van der Waals surface area contributed by atoms with Gasteiger partial charge in [0.2, 0.25) is 5.91 Å². The summed E-state index contributed by atoms with van der Waals surface area (Å²) in [6.45, 7) is 2.20. The van der Waals surface area contributed by atoms with Crippen LogP contribution in [0.4, 0.5) is 0 Å². The molecule has 1 fully saturated rings. The van der Waals surface area contributed by atoms with Gasteiger partial charge >= 0.3 is 5.97 Å². The van der Waals surface area contributed by atoms with E-state index in [1.54, 1.807) is 6.92 Å². The van der Waals surface area contributed by atoms with E-state index in [2.05, 4.69) is 5.32 Å². The van der Waals surface area contributed by atoms with Crippen LogP contribution in [-0.2, 0) is 9.59 Å². The molecule has 1 saturated carbocycles. The summed E-state index contributed by atoms with van der Waals surface area (Å²) >= 11 is 0. The molecule has 3 N–H and O–H groups in total. The van der Waals surface area contributed by atoms with Gasteiger partial charge in [-0.3, -0.25) is 9.59 Å². The fourth-order valence-corrected chi connectivity index (χ4v) is 1.90. The first-order valence-corrected chi connectivity index (χ1v) is 5.60. The molecule has 3 atom stereocenters. The molecule has 0 bridgehead atoms. The highest BCUT2D eigenvalue weighted by Gasteiger charge is 2.48. The average molecular weight is 244 g/mol. The quantitative estimate of drug-likeness (QED) is 0.565. The summed E-state index contributed by atoms with van der Waals surface area (Å²) in [7, 11) is 3.66. The third-order valence-electron chi connectivity index (χ3n) is 2.74. The number of aliphatic carboxylic acids is 1. The number of carbonyl (C=O) groups is 2. The highest BCUT2D eigenvalue weighted by molar-refractivity contribution is 5.89. The van der Waals surface area contributed by atoms with Gasteiger partial charge in [0.25, 0.3) is 0 Å². The van der Waals surface area contributed by atoms with Crippen molar-refractivity contribution in [3.63, 3.8) is 0 Å². The summed E-state index contributed by atoms with van der Waals surface area (Å²) in [6, 6.07) is 0. The normalized spacial score (nSPS) is 26.4. The Kier molecular flexibility index (Phi) is 4.11. The molecule has 3 unspecified atom stereocenters. The number of carboxylic acids is 1. The third kappa shape index (κ3) is 4.32. The lowest BCUT2D eigenvalue weighted by Gasteiger charge is -2.27. The summed E-state index contributed by atoms with van der Waals surface area (Å²) in [5.41, 5.74) is -1.01. The van der Waals surface area contributed by atoms with E-state index in [0.717, 1.165) is 0 Å². The minimum Gasteiger partial charge on any atom is -0.481 e. The second-order valence-corrected chi connectivity index (χ2v) is 5.24. The molecule has 0 heterocycles. The van der Waals surface area contributed by atoms with Crippen LogP contribution in [0.5, 0.6) is 0 Å². The van der Waals surface area contributed by atoms with Crippen LogP contribution in [-0.4, -0.2) is 59.8 Å². The van der Waals surface area contributed by atoms with Crippen LogP contribution in [0.2, 0.25) is 0 Å². The van der Waals surface area contributed by atoms with E-state index in [-0.39, 0.29) is 12.5 Å². The van der Waals surface area contributed by atoms with Crippen molar-refractivity contribution in [1.29, 1.82) is 0 Å². The van der Waals surface area contributed by atoms with Crippen molar-refractivity contribution in [2.24, 2.45) is 11.8 Å². The Bertz CT molecular complexity index is 315. The zero-order chi connectivity index (χ0) is 13.2. The summed E-state index contributed by atoms with van der Waals surface area (Å²) in [4.78, 5) is 24.0. The van der Waals surface area contributed by atoms with Crippen LogP contribution in [0.15, 0.2) is 0 Å². The summed E-state index contributed by atoms with van der Waals surface area (Å²) in [5, 5.41) is 21.2. The van der Waals surface area contributed by atoms with Crippen molar-refractivity contribution in [1.82, 2.24) is 10.2 Å². The first-order valence-electron chi connectivity index (χ1n) is 5.60. The molecule has 0 aromatic rings. The molecule has 0 spiro atoms. The lowest BCUT2D eigenvalue weighted by molar-refractivity contribution is -0.140. The summed E-state index contributed by atoms with van der Waals surface area (Å²) < 4.78 is 0. The molecule has 6 nitrogen and oxygen atoms in total. The van der Waals surface area contributed by atoms with Crippen molar-refractivity contribution in [2.45, 2.75) is 18.9 Å². The lowest BCUT2D eigenvalue weighted by atomic mass is 10.1. The van der Waals surface area contributed by atoms with Gasteiger partial charge in [0.15, 0.2) is 0 Å². The van der Waals surface area contributed by atoms with Gasteiger partial charge in [0, 0.05) is 13.1 Å². The largest absolute Gasteiger partial charge is 0.481 e. The molecule has 6 heteroatoms. The number of carboxylic acid groups (broad SMARTS) is 1. The van der Waals surface area contributed by atoms with Crippen molar-refractivity contribution < 1.29 is 19.8 Å². The van der Waals surface area contributed by atoms with Crippen LogP contribution < -0.4 is 5.32 Å². The number of hydrogen-bond donors (Lipinski definition) is 3. The highest BCUT2D eigenvalue weighted by Crippen LogP contribution is 2.38. The minimum atomic E-state index is -1.01. The molecule has 0 aromatic heterocycles. The number of nitrogens with zero attached hydrogens (tertiary/aromatic N) is 1. The van der Waals surface area contributed by atoms with E-state index >= 15 is 0 Å². The molecule has 98 valence electrons. The third-order valence-corrected chi connectivity index (χ3v) is 2.74. The van der Waals surface area contributed by atoms with Gasteiger partial charge in [0.05, 0.1) is 17.4 Å². The van der Waals surface area contributed by atoms with Gasteiger partial charge < -0.3 is 20.4 Å². The van der Waals surface area contributed by atoms with E-state index in [0.29, 0.717) is 13.0 Å². The fourth-order valence-electron chi connectivity index (χ4n) is 1.90. The topological polar surface area (TPSA) is 89.9 Å². The highest BCUT2D eigenvalue weighted by atomic mass is 16.4. The van der Waals surface area contributed by atoms with Crippen LogP contribution in [0.1, 0.15) is 13.3 Å². The maximum absolute atomic E-state index is 11.6. The number of aliphatic hydroxyl groups is 1. The number of rotatable bonds is 6. The smallest absolute Gasteiger partial charge is 0.307 e. The summed E-state index contributed by atoms with van der Waals surface area (Å²) in [6.07, 6.45) is 0.400. The number of nitrogens with one attached hydrogen (secondary N) is 1. The average Bonchev–Trinajstić information content (AvgIpc) is 2.91. The van der Waals surface area contributed by atoms with Gasteiger partial charge in [-0.1, -0.05) is 0 Å². The Balaban J connectivity index is 2.32. The van der Waals surface area contributed by atoms with Gasteiger partial charge in [-0.2, -0.15) is 0 Å². The van der Waals surface area contributed by atoms with Gasteiger partial charge in [0.1, 0.15) is 0 Å². The van der Waals surface area contributed by atoms with E-state index < -0.39 is 23.4 Å². The van der Waals surface area contributed by atoms with Crippen molar-refractivity contribution in [3.05, 3.63) is 0 Å². The molecule has 1 aliphatic carbocycles. The lowest BCUT2D eigenvalue weighted by Crippen LogP contribution is -2.47. The zero-order valence-electron chi connectivity index (χ0n) is 10.4. The second kappa shape index (κ2) is 5.01. The van der Waals surface area contributed by atoms with E-state index in [1.165, 1.54) is 0 Å². The first kappa shape index (κ1) is 13.9. The van der Waals surface area contributed by atoms with Crippen LogP contribution in [0, 0.1) is 11.8 Å². The van der Waals surface area contributed by atoms with Gasteiger partial charge in [-0.15, -0.1) is 0 Å². The predicted octanol–water partition coefficient (Wildman–Crippen LogP) is -0.864. The van der Waals surface area contributed by atoms with Crippen LogP contribution in [0.25, 0.3) is 0 Å². The molecule has 0 aromatic carbocycles. The van der Waals surface area contributed by atoms with Crippen molar-refractivity contribution in [2.75, 3.05) is 27.2 Å². The van der Waals surface area contributed by atoms with Gasteiger partial charge in [-0.05, 0) is 27.4 Å². The molecular formula is C11H20N2O4. The Morgan fingerprint density at radius 2 is 2.00 bits per heavy atom. The molecule has 0 saturated heterocycles. The molecule has 0 radical (unpaired) electrons. The second-order valence-electron chi connectivity index (χ2n) is 5.24. The Labute approximate surface area is 101 Å². The van der Waals surface area contributed by atoms with Gasteiger partial charge in [-0.25, -0.2) is 0 Å². The van der Waals surface area contributed by atoms with Crippen LogP contribution >= 0.6 is 0 Å².